The van der Waals surface area contributed by atoms with Gasteiger partial charge in [-0.3, -0.25) is 0 Å². The summed E-state index contributed by atoms with van der Waals surface area (Å²) in [5.41, 5.74) is 9.79. The molecule has 1 heteroatoms. The summed E-state index contributed by atoms with van der Waals surface area (Å²) in [5, 5.41) is 0. The predicted octanol–water partition coefficient (Wildman–Crippen LogP) is 2.77. The van der Waals surface area contributed by atoms with Crippen LogP contribution in [0.1, 0.15) is 43.7 Å². The molecule has 2 N–H and O–H groups in total. The molecule has 0 aliphatic heterocycles. The molecule has 0 amide bonds. The molecular formula is C14H19N. The Balaban J connectivity index is 1.77. The fourth-order valence-corrected chi connectivity index (χ4v) is 3.49. The first-order chi connectivity index (χ1) is 7.16. The molecule has 2 bridgehead atoms. The maximum Gasteiger partial charge on any atom is 0.0179 e. The van der Waals surface area contributed by atoms with Gasteiger partial charge < -0.3 is 5.73 Å². The van der Waals surface area contributed by atoms with Crippen molar-refractivity contribution >= 4 is 0 Å². The number of nitrogens with two attached hydrogens (primary N) is 1. The van der Waals surface area contributed by atoms with E-state index in [0.717, 1.165) is 0 Å². The van der Waals surface area contributed by atoms with Gasteiger partial charge in [-0.1, -0.05) is 37.6 Å². The Morgan fingerprint density at radius 1 is 1.13 bits per heavy atom. The smallest absolute Gasteiger partial charge is 0.0179 e. The van der Waals surface area contributed by atoms with E-state index in [1.165, 1.54) is 43.2 Å². The lowest BCUT2D eigenvalue weighted by Gasteiger charge is -2.69. The average Bonchev–Trinajstić information content (AvgIpc) is 2.14. The zero-order valence-corrected chi connectivity index (χ0v) is 9.42. The Kier molecular flexibility index (Phi) is 1.79. The molecule has 3 aliphatic carbocycles. The number of aryl methyl sites for hydroxylation is 1. The summed E-state index contributed by atoms with van der Waals surface area (Å²) in [6.45, 7) is 2.23. The molecule has 0 unspecified atom stereocenters. The third-order valence-corrected chi connectivity index (χ3v) is 4.18. The second kappa shape index (κ2) is 2.85. The zero-order chi connectivity index (χ0) is 10.5. The monoisotopic (exact) mass is 201 g/mol. The van der Waals surface area contributed by atoms with Gasteiger partial charge in [-0.05, 0) is 36.8 Å². The van der Waals surface area contributed by atoms with Gasteiger partial charge in [-0.15, -0.1) is 0 Å². The van der Waals surface area contributed by atoms with Crippen molar-refractivity contribution in [2.24, 2.45) is 5.73 Å². The minimum atomic E-state index is 0.224. The largest absolute Gasteiger partial charge is 0.325 e. The first kappa shape index (κ1) is 9.41. The molecule has 1 aromatic rings. The average molecular weight is 201 g/mol. The van der Waals surface area contributed by atoms with Crippen molar-refractivity contribution in [3.05, 3.63) is 35.4 Å². The maximum atomic E-state index is 6.09. The van der Waals surface area contributed by atoms with Crippen molar-refractivity contribution < 1.29 is 0 Å². The molecule has 0 spiro atoms. The molecule has 1 nitrogen and oxygen atoms in total. The lowest BCUT2D eigenvalue weighted by Crippen LogP contribution is -2.74. The molecule has 0 aromatic heterocycles. The minimum Gasteiger partial charge on any atom is -0.325 e. The number of benzene rings is 1. The Bertz CT molecular complexity index is 357. The molecule has 3 fully saturated rings. The van der Waals surface area contributed by atoms with E-state index in [1.807, 2.05) is 0 Å². The second-order valence-corrected chi connectivity index (χ2v) is 5.62. The van der Waals surface area contributed by atoms with Gasteiger partial charge in [0.1, 0.15) is 0 Å². The third kappa shape index (κ3) is 1.26. The lowest BCUT2D eigenvalue weighted by molar-refractivity contribution is -0.0590. The molecule has 15 heavy (non-hydrogen) atoms. The fourth-order valence-electron chi connectivity index (χ4n) is 3.49. The SMILES string of the molecule is CCCc1ccc(C23CC(N)(C2)C3)cc1. The molecule has 1 aromatic carbocycles. The van der Waals surface area contributed by atoms with E-state index < -0.39 is 0 Å². The summed E-state index contributed by atoms with van der Waals surface area (Å²) in [7, 11) is 0. The summed E-state index contributed by atoms with van der Waals surface area (Å²) in [6.07, 6.45) is 6.08. The quantitative estimate of drug-likeness (QED) is 0.799. The van der Waals surface area contributed by atoms with Crippen LogP contribution in [0.25, 0.3) is 0 Å². The minimum absolute atomic E-state index is 0.224. The fraction of sp³-hybridized carbons (Fsp3) is 0.571. The Hall–Kier alpha value is -0.820. The molecular weight excluding hydrogens is 182 g/mol. The van der Waals surface area contributed by atoms with Gasteiger partial charge in [0.25, 0.3) is 0 Å². The van der Waals surface area contributed by atoms with Crippen LogP contribution in [-0.2, 0) is 11.8 Å². The van der Waals surface area contributed by atoms with E-state index in [4.69, 9.17) is 5.73 Å². The highest BCUT2D eigenvalue weighted by molar-refractivity contribution is 5.42. The van der Waals surface area contributed by atoms with Gasteiger partial charge in [0.2, 0.25) is 0 Å². The van der Waals surface area contributed by atoms with Crippen molar-refractivity contribution in [2.75, 3.05) is 0 Å². The van der Waals surface area contributed by atoms with Crippen molar-refractivity contribution in [3.8, 4) is 0 Å². The zero-order valence-electron chi connectivity index (χ0n) is 9.42. The normalized spacial score (nSPS) is 36.9. The first-order valence-corrected chi connectivity index (χ1v) is 6.04. The summed E-state index contributed by atoms with van der Waals surface area (Å²) >= 11 is 0. The highest BCUT2D eigenvalue weighted by Gasteiger charge is 2.66. The molecule has 0 atom stereocenters. The molecule has 0 heterocycles. The highest BCUT2D eigenvalue weighted by Crippen LogP contribution is 2.66. The number of hydrogen-bond acceptors (Lipinski definition) is 1. The van der Waals surface area contributed by atoms with Crippen LogP contribution < -0.4 is 5.73 Å². The molecule has 0 saturated heterocycles. The van der Waals surface area contributed by atoms with Crippen LogP contribution in [0.3, 0.4) is 0 Å². The number of hydrogen-bond donors (Lipinski definition) is 1. The summed E-state index contributed by atoms with van der Waals surface area (Å²) in [4.78, 5) is 0. The Labute approximate surface area is 91.7 Å². The molecule has 0 radical (unpaired) electrons. The Morgan fingerprint density at radius 3 is 2.20 bits per heavy atom. The topological polar surface area (TPSA) is 26.0 Å². The van der Waals surface area contributed by atoms with E-state index in [0.29, 0.717) is 5.41 Å². The van der Waals surface area contributed by atoms with E-state index >= 15 is 0 Å². The van der Waals surface area contributed by atoms with Crippen LogP contribution in [0.15, 0.2) is 24.3 Å². The second-order valence-electron chi connectivity index (χ2n) is 5.62. The highest BCUT2D eigenvalue weighted by atomic mass is 14.9. The van der Waals surface area contributed by atoms with Crippen LogP contribution in [0, 0.1) is 0 Å². The maximum absolute atomic E-state index is 6.09. The lowest BCUT2D eigenvalue weighted by atomic mass is 9.38. The van der Waals surface area contributed by atoms with Crippen molar-refractivity contribution in [3.63, 3.8) is 0 Å². The van der Waals surface area contributed by atoms with Gasteiger partial charge in [0.05, 0.1) is 0 Å². The van der Waals surface area contributed by atoms with Gasteiger partial charge in [0, 0.05) is 11.0 Å². The van der Waals surface area contributed by atoms with E-state index in [-0.39, 0.29) is 5.54 Å². The van der Waals surface area contributed by atoms with Crippen LogP contribution >= 0.6 is 0 Å². The van der Waals surface area contributed by atoms with Crippen LogP contribution in [0.2, 0.25) is 0 Å². The van der Waals surface area contributed by atoms with Crippen molar-refractivity contribution in [1.29, 1.82) is 0 Å². The van der Waals surface area contributed by atoms with E-state index in [9.17, 15) is 0 Å². The third-order valence-electron chi connectivity index (χ3n) is 4.18. The van der Waals surface area contributed by atoms with Gasteiger partial charge in [-0.2, -0.15) is 0 Å². The Morgan fingerprint density at radius 2 is 1.73 bits per heavy atom. The summed E-state index contributed by atoms with van der Waals surface area (Å²) in [5.74, 6) is 0. The molecule has 80 valence electrons. The van der Waals surface area contributed by atoms with Gasteiger partial charge >= 0.3 is 0 Å². The van der Waals surface area contributed by atoms with Gasteiger partial charge in [0.15, 0.2) is 0 Å². The van der Waals surface area contributed by atoms with E-state index in [1.54, 1.807) is 0 Å². The number of rotatable bonds is 3. The van der Waals surface area contributed by atoms with Crippen molar-refractivity contribution in [2.45, 2.75) is 50.0 Å². The van der Waals surface area contributed by atoms with Crippen molar-refractivity contribution in [1.82, 2.24) is 0 Å². The van der Waals surface area contributed by atoms with Crippen LogP contribution in [-0.4, -0.2) is 5.54 Å². The molecule has 3 aliphatic rings. The molecule has 3 saturated carbocycles. The summed E-state index contributed by atoms with van der Waals surface area (Å²) < 4.78 is 0. The first-order valence-electron chi connectivity index (χ1n) is 6.04. The standard InChI is InChI=1S/C14H19N/c1-2-3-11-4-6-12(7-5-11)13-8-14(15,9-13)10-13/h4-7H,2-3,8-10,15H2,1H3. The van der Waals surface area contributed by atoms with Crippen LogP contribution in [0.5, 0.6) is 0 Å². The molecule has 4 rings (SSSR count). The predicted molar refractivity (Wildman–Crippen MR) is 62.9 cm³/mol. The van der Waals surface area contributed by atoms with Gasteiger partial charge in [-0.25, -0.2) is 0 Å². The summed E-state index contributed by atoms with van der Waals surface area (Å²) in [6, 6.07) is 9.23. The van der Waals surface area contributed by atoms with Crippen LogP contribution in [0.4, 0.5) is 0 Å². The van der Waals surface area contributed by atoms with E-state index in [2.05, 4.69) is 31.2 Å².